The number of carbonyl (C=O) groups is 1. The molecule has 4 rings (SSSR count). The van der Waals surface area contributed by atoms with Crippen LogP contribution in [0.4, 0.5) is 0 Å². The lowest BCUT2D eigenvalue weighted by atomic mass is 9.80. The fourth-order valence-electron chi connectivity index (χ4n) is 3.80. The molecule has 0 bridgehead atoms. The van der Waals surface area contributed by atoms with Gasteiger partial charge >= 0.3 is 0 Å². The molecule has 1 aliphatic carbocycles. The van der Waals surface area contributed by atoms with Gasteiger partial charge in [0.25, 0.3) is 0 Å². The molecule has 4 N–H and O–H groups in total. The Kier molecular flexibility index (Phi) is 3.08. The van der Waals surface area contributed by atoms with Gasteiger partial charge in [-0.2, -0.15) is 0 Å². The predicted molar refractivity (Wildman–Crippen MR) is 87.3 cm³/mol. The maximum absolute atomic E-state index is 12.3. The van der Waals surface area contributed by atoms with E-state index in [-0.39, 0.29) is 17.9 Å². The van der Waals surface area contributed by atoms with Crippen LogP contribution in [-0.2, 0) is 11.2 Å². The van der Waals surface area contributed by atoms with Gasteiger partial charge in [-0.25, -0.2) is 0 Å². The second-order valence-corrected chi connectivity index (χ2v) is 6.72. The topological polar surface area (TPSA) is 61.5 Å². The SMILES string of the molecule is CC(C)NC(=O)[C@@H]1C=C2c3cccc4[nH]cc(c34)C[C@H]2[NH2+]C1. The Balaban J connectivity index is 1.76. The van der Waals surface area contributed by atoms with E-state index in [9.17, 15) is 4.79 Å². The van der Waals surface area contributed by atoms with Gasteiger partial charge < -0.3 is 15.6 Å². The largest absolute Gasteiger partial charge is 0.361 e. The third kappa shape index (κ3) is 2.06. The Labute approximate surface area is 130 Å². The predicted octanol–water partition coefficient (Wildman–Crippen LogP) is 1.19. The van der Waals surface area contributed by atoms with E-state index in [4.69, 9.17) is 0 Å². The van der Waals surface area contributed by atoms with Crippen molar-refractivity contribution in [3.8, 4) is 0 Å². The van der Waals surface area contributed by atoms with Crippen molar-refractivity contribution in [2.75, 3.05) is 6.54 Å². The first-order chi connectivity index (χ1) is 10.6. The van der Waals surface area contributed by atoms with Crippen molar-refractivity contribution in [3.05, 3.63) is 41.6 Å². The maximum atomic E-state index is 12.3. The zero-order valence-electron chi connectivity index (χ0n) is 13.0. The summed E-state index contributed by atoms with van der Waals surface area (Å²) in [6, 6.07) is 7.04. The molecular weight excluding hydrogens is 274 g/mol. The molecule has 1 amide bonds. The number of carbonyl (C=O) groups excluding carboxylic acids is 1. The molecule has 2 aliphatic rings. The number of fused-ring (bicyclic) bond motifs is 2. The highest BCUT2D eigenvalue weighted by atomic mass is 16.1. The number of H-pyrrole nitrogens is 1. The van der Waals surface area contributed by atoms with Crippen molar-refractivity contribution in [2.24, 2.45) is 5.92 Å². The van der Waals surface area contributed by atoms with Crippen LogP contribution in [0.25, 0.3) is 16.5 Å². The molecule has 0 spiro atoms. The molecule has 114 valence electrons. The number of rotatable bonds is 2. The Morgan fingerprint density at radius 3 is 3.09 bits per heavy atom. The molecule has 0 unspecified atom stereocenters. The first-order valence-electron chi connectivity index (χ1n) is 8.08. The second kappa shape index (κ2) is 4.99. The third-order valence-corrected chi connectivity index (χ3v) is 4.76. The van der Waals surface area contributed by atoms with Gasteiger partial charge in [0.05, 0.1) is 6.54 Å². The summed E-state index contributed by atoms with van der Waals surface area (Å²) in [5.74, 6) is 0.105. The van der Waals surface area contributed by atoms with Crippen LogP contribution in [-0.4, -0.2) is 29.5 Å². The number of nitrogens with one attached hydrogen (secondary N) is 2. The van der Waals surface area contributed by atoms with Crippen molar-refractivity contribution < 1.29 is 10.1 Å². The number of benzene rings is 1. The third-order valence-electron chi connectivity index (χ3n) is 4.76. The zero-order chi connectivity index (χ0) is 15.3. The number of amides is 1. The lowest BCUT2D eigenvalue weighted by molar-refractivity contribution is -0.681. The second-order valence-electron chi connectivity index (χ2n) is 6.72. The van der Waals surface area contributed by atoms with Crippen molar-refractivity contribution in [1.29, 1.82) is 0 Å². The van der Waals surface area contributed by atoms with Gasteiger partial charge in [0.15, 0.2) is 0 Å². The molecule has 0 radical (unpaired) electrons. The van der Waals surface area contributed by atoms with E-state index in [1.807, 2.05) is 13.8 Å². The number of quaternary nitrogens is 1. The molecule has 1 aromatic heterocycles. The summed E-state index contributed by atoms with van der Waals surface area (Å²) in [4.78, 5) is 15.7. The number of nitrogens with two attached hydrogens (primary N) is 1. The first-order valence-corrected chi connectivity index (χ1v) is 8.08. The molecule has 2 atom stereocenters. The fourth-order valence-corrected chi connectivity index (χ4v) is 3.80. The van der Waals surface area contributed by atoms with Crippen LogP contribution >= 0.6 is 0 Å². The first kappa shape index (κ1) is 13.6. The van der Waals surface area contributed by atoms with Gasteiger partial charge in [-0.3, -0.25) is 4.79 Å². The summed E-state index contributed by atoms with van der Waals surface area (Å²) in [7, 11) is 0. The summed E-state index contributed by atoms with van der Waals surface area (Å²) in [5, 5.41) is 6.70. The standard InChI is InChI=1S/C18H21N3O/c1-10(2)21-18(22)12-6-14-13-4-3-5-15-17(13)11(8-19-15)7-16(14)20-9-12/h3-6,8,10,12,16,19-20H,7,9H2,1-2H3,(H,21,22)/p+1/t12-,16-/m1/s1. The van der Waals surface area contributed by atoms with E-state index >= 15 is 0 Å². The van der Waals surface area contributed by atoms with E-state index in [1.54, 1.807) is 0 Å². The zero-order valence-corrected chi connectivity index (χ0v) is 13.0. The average Bonchev–Trinajstić information content (AvgIpc) is 2.91. The highest BCUT2D eigenvalue weighted by Crippen LogP contribution is 2.36. The summed E-state index contributed by atoms with van der Waals surface area (Å²) in [6.45, 7) is 4.85. The van der Waals surface area contributed by atoms with E-state index in [2.05, 4.69) is 46.1 Å². The summed E-state index contributed by atoms with van der Waals surface area (Å²) in [5.41, 5.74) is 5.21. The fraction of sp³-hybridized carbons (Fsp3) is 0.389. The van der Waals surface area contributed by atoms with E-state index in [0.29, 0.717) is 6.04 Å². The number of hydrogen-bond donors (Lipinski definition) is 3. The molecule has 0 saturated heterocycles. The minimum absolute atomic E-state index is 0.0376. The molecule has 0 fully saturated rings. The van der Waals surface area contributed by atoms with Crippen LogP contribution in [0.3, 0.4) is 0 Å². The molecule has 2 aromatic rings. The van der Waals surface area contributed by atoms with E-state index in [0.717, 1.165) is 13.0 Å². The maximum Gasteiger partial charge on any atom is 0.232 e. The van der Waals surface area contributed by atoms with Gasteiger partial charge in [-0.1, -0.05) is 18.2 Å². The van der Waals surface area contributed by atoms with Gasteiger partial charge in [-0.05, 0) is 31.0 Å². The Hall–Kier alpha value is -2.07. The van der Waals surface area contributed by atoms with Gasteiger partial charge in [0, 0.05) is 35.1 Å². The molecule has 4 nitrogen and oxygen atoms in total. The molecule has 22 heavy (non-hydrogen) atoms. The molecular formula is C18H22N3O+. The highest BCUT2D eigenvalue weighted by Gasteiger charge is 2.35. The Morgan fingerprint density at radius 2 is 2.27 bits per heavy atom. The lowest BCUT2D eigenvalue weighted by Gasteiger charge is -2.30. The summed E-state index contributed by atoms with van der Waals surface area (Å²) in [6.07, 6.45) is 5.38. The normalized spacial score (nSPS) is 23.3. The van der Waals surface area contributed by atoms with Crippen molar-refractivity contribution in [3.63, 3.8) is 0 Å². The van der Waals surface area contributed by atoms with Gasteiger partial charge in [-0.15, -0.1) is 0 Å². The van der Waals surface area contributed by atoms with Gasteiger partial charge in [0.1, 0.15) is 12.0 Å². The van der Waals surface area contributed by atoms with Crippen molar-refractivity contribution >= 4 is 22.4 Å². The summed E-state index contributed by atoms with van der Waals surface area (Å²) >= 11 is 0. The monoisotopic (exact) mass is 296 g/mol. The lowest BCUT2D eigenvalue weighted by Crippen LogP contribution is -2.93. The van der Waals surface area contributed by atoms with E-state index in [1.165, 1.54) is 27.6 Å². The molecule has 1 aromatic carbocycles. The van der Waals surface area contributed by atoms with Crippen molar-refractivity contribution in [1.82, 2.24) is 10.3 Å². The van der Waals surface area contributed by atoms with Crippen LogP contribution in [0.2, 0.25) is 0 Å². The number of aromatic amines is 1. The molecule has 0 saturated carbocycles. The Bertz CT molecular complexity index is 772. The summed E-state index contributed by atoms with van der Waals surface area (Å²) < 4.78 is 0. The smallest absolute Gasteiger partial charge is 0.232 e. The molecule has 4 heteroatoms. The van der Waals surface area contributed by atoms with Crippen LogP contribution in [0.1, 0.15) is 25.0 Å². The average molecular weight is 296 g/mol. The van der Waals surface area contributed by atoms with Crippen LogP contribution in [0.15, 0.2) is 30.5 Å². The van der Waals surface area contributed by atoms with Crippen LogP contribution < -0.4 is 10.6 Å². The van der Waals surface area contributed by atoms with Crippen molar-refractivity contribution in [2.45, 2.75) is 32.4 Å². The van der Waals surface area contributed by atoms with Crippen LogP contribution in [0.5, 0.6) is 0 Å². The van der Waals surface area contributed by atoms with Crippen LogP contribution in [0, 0.1) is 5.92 Å². The number of aromatic nitrogens is 1. The van der Waals surface area contributed by atoms with E-state index < -0.39 is 0 Å². The quantitative estimate of drug-likeness (QED) is 0.766. The highest BCUT2D eigenvalue weighted by molar-refractivity contribution is 5.98. The molecule has 1 aliphatic heterocycles. The van der Waals surface area contributed by atoms with Gasteiger partial charge in [0.2, 0.25) is 5.91 Å². The number of hydrogen-bond acceptors (Lipinski definition) is 1. The Morgan fingerprint density at radius 1 is 1.41 bits per heavy atom. The molecule has 2 heterocycles. The minimum Gasteiger partial charge on any atom is -0.361 e. The minimum atomic E-state index is -0.0376.